The lowest BCUT2D eigenvalue weighted by Crippen LogP contribution is -2.57. The summed E-state index contributed by atoms with van der Waals surface area (Å²) in [7, 11) is 0. The van der Waals surface area contributed by atoms with Gasteiger partial charge in [0.15, 0.2) is 0 Å². The summed E-state index contributed by atoms with van der Waals surface area (Å²) < 4.78 is 5.13. The Labute approximate surface area is 140 Å². The maximum absolute atomic E-state index is 12.4. The quantitative estimate of drug-likeness (QED) is 0.771. The van der Waals surface area contributed by atoms with Gasteiger partial charge in [0.1, 0.15) is 12.3 Å². The number of rotatable bonds is 2. The van der Waals surface area contributed by atoms with E-state index >= 15 is 0 Å². The summed E-state index contributed by atoms with van der Waals surface area (Å²) in [5, 5.41) is 0. The van der Waals surface area contributed by atoms with E-state index in [4.69, 9.17) is 4.74 Å². The lowest BCUT2D eigenvalue weighted by Gasteiger charge is -2.43. The molecule has 0 spiro atoms. The number of cyclic esters (lactones) is 1. The Morgan fingerprint density at radius 3 is 2.71 bits per heavy atom. The van der Waals surface area contributed by atoms with Crippen molar-refractivity contribution in [2.45, 2.75) is 24.9 Å². The van der Waals surface area contributed by atoms with Crippen molar-refractivity contribution in [3.05, 3.63) is 24.3 Å². The molecular formula is C16H21N5O3. The van der Waals surface area contributed by atoms with Crippen LogP contribution in [0.1, 0.15) is 23.3 Å². The summed E-state index contributed by atoms with van der Waals surface area (Å²) in [6, 6.07) is 0.652. The molecule has 0 aliphatic carbocycles. The number of likely N-dealkylation sites (tertiary alicyclic amines) is 1. The van der Waals surface area contributed by atoms with Crippen molar-refractivity contribution >= 4 is 12.0 Å². The third kappa shape index (κ3) is 2.82. The van der Waals surface area contributed by atoms with E-state index in [2.05, 4.69) is 14.9 Å². The number of carbonyl (C=O) groups excluding carboxylic acids is 2. The Hall–Kier alpha value is -2.22. The molecule has 1 aromatic rings. The van der Waals surface area contributed by atoms with Gasteiger partial charge < -0.3 is 9.64 Å². The Balaban J connectivity index is 1.32. The average Bonchev–Trinajstić information content (AvgIpc) is 3.02. The number of ether oxygens (including phenoxy) is 1. The van der Waals surface area contributed by atoms with Gasteiger partial charge in [0, 0.05) is 51.2 Å². The molecule has 8 heteroatoms. The molecule has 0 radical (unpaired) electrons. The van der Waals surface area contributed by atoms with Crippen LogP contribution in [-0.2, 0) is 4.74 Å². The van der Waals surface area contributed by atoms with Crippen LogP contribution in [0.4, 0.5) is 4.79 Å². The molecule has 1 atom stereocenters. The maximum atomic E-state index is 12.4. The zero-order valence-corrected chi connectivity index (χ0v) is 13.5. The van der Waals surface area contributed by atoms with Crippen LogP contribution >= 0.6 is 0 Å². The lowest BCUT2D eigenvalue weighted by atomic mass is 10.0. The van der Waals surface area contributed by atoms with E-state index in [9.17, 15) is 9.59 Å². The maximum Gasteiger partial charge on any atom is 0.410 e. The number of hydrogen-bond acceptors (Lipinski definition) is 6. The second-order valence-corrected chi connectivity index (χ2v) is 6.53. The molecule has 2 amide bonds. The van der Waals surface area contributed by atoms with E-state index in [-0.39, 0.29) is 18.0 Å². The molecule has 3 fully saturated rings. The minimum Gasteiger partial charge on any atom is -0.447 e. The number of nitrogens with zero attached hydrogens (tertiary/aromatic N) is 5. The number of fused-ring (bicyclic) bond motifs is 1. The number of hydrogen-bond donors (Lipinski definition) is 0. The number of aromatic nitrogens is 2. The molecule has 24 heavy (non-hydrogen) atoms. The van der Waals surface area contributed by atoms with Crippen LogP contribution in [0.5, 0.6) is 0 Å². The fraction of sp³-hybridized carbons (Fsp3) is 0.625. The Bertz CT molecular complexity index is 617. The summed E-state index contributed by atoms with van der Waals surface area (Å²) in [5.41, 5.74) is 0.409. The Kier molecular flexibility index (Phi) is 4.05. The Morgan fingerprint density at radius 1 is 1.12 bits per heavy atom. The number of carbonyl (C=O) groups is 2. The smallest absolute Gasteiger partial charge is 0.410 e. The molecular weight excluding hydrogens is 310 g/mol. The Morgan fingerprint density at radius 2 is 1.96 bits per heavy atom. The number of amides is 2. The summed E-state index contributed by atoms with van der Waals surface area (Å²) in [5.74, 6) is -0.0406. The first kappa shape index (κ1) is 15.3. The van der Waals surface area contributed by atoms with E-state index in [1.165, 1.54) is 6.20 Å². The van der Waals surface area contributed by atoms with Gasteiger partial charge in [0.25, 0.3) is 5.91 Å². The van der Waals surface area contributed by atoms with E-state index in [1.807, 2.05) is 9.80 Å². The predicted octanol–water partition coefficient (Wildman–Crippen LogP) is 0.218. The van der Waals surface area contributed by atoms with Crippen LogP contribution in [0.25, 0.3) is 0 Å². The van der Waals surface area contributed by atoms with Crippen molar-refractivity contribution in [2.75, 3.05) is 39.3 Å². The summed E-state index contributed by atoms with van der Waals surface area (Å²) in [6.45, 7) is 4.46. The molecule has 0 saturated carbocycles. The van der Waals surface area contributed by atoms with Crippen molar-refractivity contribution in [3.63, 3.8) is 0 Å². The van der Waals surface area contributed by atoms with Crippen molar-refractivity contribution in [2.24, 2.45) is 0 Å². The number of piperazine rings is 1. The molecule has 0 bridgehead atoms. The molecule has 0 N–H and O–H groups in total. The van der Waals surface area contributed by atoms with Gasteiger partial charge in [-0.25, -0.2) is 9.78 Å². The first-order valence-corrected chi connectivity index (χ1v) is 8.45. The van der Waals surface area contributed by atoms with Crippen LogP contribution < -0.4 is 0 Å². The van der Waals surface area contributed by atoms with Crippen LogP contribution in [0.2, 0.25) is 0 Å². The first-order chi connectivity index (χ1) is 11.7. The molecule has 4 heterocycles. The van der Waals surface area contributed by atoms with Crippen molar-refractivity contribution in [1.29, 1.82) is 0 Å². The molecule has 3 aliphatic rings. The summed E-state index contributed by atoms with van der Waals surface area (Å²) in [6.07, 6.45) is 6.36. The molecule has 0 aromatic carbocycles. The molecule has 3 aliphatic heterocycles. The second kappa shape index (κ2) is 6.35. The minimum absolute atomic E-state index is 0.0406. The molecule has 0 unspecified atom stereocenters. The zero-order valence-electron chi connectivity index (χ0n) is 13.5. The van der Waals surface area contributed by atoms with Crippen LogP contribution in [0.3, 0.4) is 0 Å². The fourth-order valence-electron chi connectivity index (χ4n) is 3.85. The van der Waals surface area contributed by atoms with Gasteiger partial charge in [0.2, 0.25) is 0 Å². The molecule has 8 nitrogen and oxygen atoms in total. The largest absolute Gasteiger partial charge is 0.447 e. The molecule has 3 saturated heterocycles. The SMILES string of the molecule is O=C(c1cnccn1)N1CCC(N2CCN3C(=O)OC[C@H]3C2)CC1. The minimum atomic E-state index is -0.177. The third-order valence-corrected chi connectivity index (χ3v) is 5.20. The zero-order chi connectivity index (χ0) is 16.5. The van der Waals surface area contributed by atoms with Gasteiger partial charge >= 0.3 is 6.09 Å². The van der Waals surface area contributed by atoms with Gasteiger partial charge in [0.05, 0.1) is 12.2 Å². The van der Waals surface area contributed by atoms with Gasteiger partial charge in [-0.15, -0.1) is 0 Å². The molecule has 1 aromatic heterocycles. The standard InChI is InChI=1S/C16H21N5O3/c22-15(14-9-17-3-4-18-14)19-5-1-12(2-6-19)20-7-8-21-13(10-20)11-24-16(21)23/h3-4,9,12-13H,1-2,5-8,10-11H2/t13-/m1/s1. The summed E-state index contributed by atoms with van der Waals surface area (Å²) in [4.78, 5) is 38.2. The normalized spacial score (nSPS) is 25.5. The highest BCUT2D eigenvalue weighted by Gasteiger charge is 2.39. The monoisotopic (exact) mass is 331 g/mol. The molecule has 128 valence electrons. The van der Waals surface area contributed by atoms with Gasteiger partial charge in [-0.1, -0.05) is 0 Å². The topological polar surface area (TPSA) is 78.9 Å². The molecule has 4 rings (SSSR count). The predicted molar refractivity (Wildman–Crippen MR) is 84.4 cm³/mol. The van der Waals surface area contributed by atoms with Crippen LogP contribution in [-0.4, -0.2) is 88.1 Å². The van der Waals surface area contributed by atoms with E-state index in [0.29, 0.717) is 18.3 Å². The number of piperidine rings is 1. The van der Waals surface area contributed by atoms with Crippen LogP contribution in [0, 0.1) is 0 Å². The van der Waals surface area contributed by atoms with Crippen molar-refractivity contribution in [1.82, 2.24) is 24.7 Å². The summed E-state index contributed by atoms with van der Waals surface area (Å²) >= 11 is 0. The van der Waals surface area contributed by atoms with Crippen molar-refractivity contribution < 1.29 is 14.3 Å². The van der Waals surface area contributed by atoms with Crippen LogP contribution in [0.15, 0.2) is 18.6 Å². The van der Waals surface area contributed by atoms with E-state index in [0.717, 1.165) is 45.6 Å². The van der Waals surface area contributed by atoms with Crippen molar-refractivity contribution in [3.8, 4) is 0 Å². The second-order valence-electron chi connectivity index (χ2n) is 6.53. The first-order valence-electron chi connectivity index (χ1n) is 8.45. The fourth-order valence-corrected chi connectivity index (χ4v) is 3.85. The van der Waals surface area contributed by atoms with Gasteiger partial charge in [-0.3, -0.25) is 19.6 Å². The van der Waals surface area contributed by atoms with Gasteiger partial charge in [-0.05, 0) is 12.8 Å². The third-order valence-electron chi connectivity index (χ3n) is 5.20. The lowest BCUT2D eigenvalue weighted by molar-refractivity contribution is 0.0447. The highest BCUT2D eigenvalue weighted by molar-refractivity contribution is 5.92. The highest BCUT2D eigenvalue weighted by atomic mass is 16.6. The van der Waals surface area contributed by atoms with E-state index < -0.39 is 0 Å². The highest BCUT2D eigenvalue weighted by Crippen LogP contribution is 2.24. The van der Waals surface area contributed by atoms with Gasteiger partial charge in [-0.2, -0.15) is 0 Å². The van der Waals surface area contributed by atoms with E-state index in [1.54, 1.807) is 12.4 Å². The average molecular weight is 331 g/mol.